The molecule has 0 aliphatic carbocycles. The van der Waals surface area contributed by atoms with Crippen molar-refractivity contribution in [3.63, 3.8) is 0 Å². The number of hydrogen-bond acceptors (Lipinski definition) is 3. The lowest BCUT2D eigenvalue weighted by molar-refractivity contribution is 0.603. The predicted octanol–water partition coefficient (Wildman–Crippen LogP) is 3.76. The zero-order valence-electron chi connectivity index (χ0n) is 11.0. The maximum absolute atomic E-state index is 13.7. The van der Waals surface area contributed by atoms with Crippen LogP contribution in [0.5, 0.6) is 0 Å². The standard InChI is InChI=1S/C14H16F2N2S/c1-3-12-13(8-17-4-2)19-14(18-12)10-7-9(15)5-6-11(10)16/h5-7,17H,3-4,8H2,1-2H3. The fourth-order valence-electron chi connectivity index (χ4n) is 1.81. The summed E-state index contributed by atoms with van der Waals surface area (Å²) in [6, 6.07) is 3.46. The highest BCUT2D eigenvalue weighted by Gasteiger charge is 2.14. The molecule has 2 rings (SSSR count). The summed E-state index contributed by atoms with van der Waals surface area (Å²) >= 11 is 1.42. The van der Waals surface area contributed by atoms with E-state index in [1.165, 1.54) is 17.4 Å². The molecule has 0 fully saturated rings. The normalized spacial score (nSPS) is 10.9. The van der Waals surface area contributed by atoms with Gasteiger partial charge < -0.3 is 5.32 Å². The molecule has 1 N–H and O–H groups in total. The Bertz CT molecular complexity index is 567. The van der Waals surface area contributed by atoms with E-state index >= 15 is 0 Å². The third kappa shape index (κ3) is 3.16. The van der Waals surface area contributed by atoms with Crippen LogP contribution in [-0.4, -0.2) is 11.5 Å². The summed E-state index contributed by atoms with van der Waals surface area (Å²) < 4.78 is 27.0. The number of thiazole rings is 1. The number of benzene rings is 1. The van der Waals surface area contributed by atoms with E-state index in [1.807, 2.05) is 13.8 Å². The Kier molecular flexibility index (Phi) is 4.61. The summed E-state index contributed by atoms with van der Waals surface area (Å²) in [6.45, 7) is 5.62. The van der Waals surface area contributed by atoms with E-state index in [0.29, 0.717) is 11.6 Å². The Hall–Kier alpha value is -1.33. The second-order valence-electron chi connectivity index (χ2n) is 4.15. The van der Waals surface area contributed by atoms with Crippen molar-refractivity contribution < 1.29 is 8.78 Å². The van der Waals surface area contributed by atoms with E-state index in [2.05, 4.69) is 10.3 Å². The second kappa shape index (κ2) is 6.21. The van der Waals surface area contributed by atoms with Crippen molar-refractivity contribution in [2.75, 3.05) is 6.54 Å². The molecule has 0 aliphatic rings. The molecule has 0 aliphatic heterocycles. The molecule has 0 atom stereocenters. The monoisotopic (exact) mass is 282 g/mol. The number of nitrogens with one attached hydrogen (secondary N) is 1. The molecule has 0 radical (unpaired) electrons. The molecule has 2 aromatic rings. The van der Waals surface area contributed by atoms with Crippen molar-refractivity contribution >= 4 is 11.3 Å². The highest BCUT2D eigenvalue weighted by Crippen LogP contribution is 2.30. The predicted molar refractivity (Wildman–Crippen MR) is 74.2 cm³/mol. The third-order valence-corrected chi connectivity index (χ3v) is 3.94. The zero-order valence-corrected chi connectivity index (χ0v) is 11.8. The van der Waals surface area contributed by atoms with Crippen molar-refractivity contribution in [2.45, 2.75) is 26.8 Å². The van der Waals surface area contributed by atoms with Crippen LogP contribution in [0.3, 0.4) is 0 Å². The highest BCUT2D eigenvalue weighted by atomic mass is 32.1. The van der Waals surface area contributed by atoms with Crippen LogP contribution < -0.4 is 5.32 Å². The summed E-state index contributed by atoms with van der Waals surface area (Å²) in [5, 5.41) is 3.78. The van der Waals surface area contributed by atoms with E-state index in [1.54, 1.807) is 0 Å². The van der Waals surface area contributed by atoms with Crippen LogP contribution >= 0.6 is 11.3 Å². The third-order valence-electron chi connectivity index (χ3n) is 2.81. The Morgan fingerprint density at radius 1 is 1.26 bits per heavy atom. The van der Waals surface area contributed by atoms with Gasteiger partial charge in [-0.05, 0) is 31.2 Å². The summed E-state index contributed by atoms with van der Waals surface area (Å²) in [5.41, 5.74) is 1.19. The van der Waals surface area contributed by atoms with Gasteiger partial charge in [0.05, 0.1) is 5.69 Å². The molecule has 1 heterocycles. The minimum absolute atomic E-state index is 0.238. The smallest absolute Gasteiger partial charge is 0.133 e. The summed E-state index contributed by atoms with van der Waals surface area (Å²) in [6.07, 6.45) is 0.786. The largest absolute Gasteiger partial charge is 0.312 e. The molecule has 0 spiro atoms. The van der Waals surface area contributed by atoms with Gasteiger partial charge in [-0.1, -0.05) is 13.8 Å². The van der Waals surface area contributed by atoms with Gasteiger partial charge in [-0.2, -0.15) is 0 Å². The van der Waals surface area contributed by atoms with Crippen LogP contribution in [0.15, 0.2) is 18.2 Å². The first-order valence-electron chi connectivity index (χ1n) is 6.30. The molecule has 0 saturated carbocycles. The maximum Gasteiger partial charge on any atom is 0.133 e. The van der Waals surface area contributed by atoms with Gasteiger partial charge in [0.15, 0.2) is 0 Å². The molecular weight excluding hydrogens is 266 g/mol. The molecule has 5 heteroatoms. The summed E-state index contributed by atoms with van der Waals surface area (Å²) in [5.74, 6) is -0.884. The van der Waals surface area contributed by atoms with Crippen LogP contribution in [0.25, 0.3) is 10.6 Å². The second-order valence-corrected chi connectivity index (χ2v) is 5.23. The molecule has 0 saturated heterocycles. The van der Waals surface area contributed by atoms with Crippen LogP contribution in [0.4, 0.5) is 8.78 Å². The average Bonchev–Trinajstić information content (AvgIpc) is 2.82. The lowest BCUT2D eigenvalue weighted by Crippen LogP contribution is -2.11. The lowest BCUT2D eigenvalue weighted by atomic mass is 10.2. The number of aryl methyl sites for hydroxylation is 1. The van der Waals surface area contributed by atoms with Gasteiger partial charge in [-0.25, -0.2) is 13.8 Å². The maximum atomic E-state index is 13.7. The quantitative estimate of drug-likeness (QED) is 0.903. The van der Waals surface area contributed by atoms with Crippen LogP contribution in [0.2, 0.25) is 0 Å². The van der Waals surface area contributed by atoms with E-state index in [-0.39, 0.29) is 5.56 Å². The van der Waals surface area contributed by atoms with Crippen molar-refractivity contribution in [1.82, 2.24) is 10.3 Å². The van der Waals surface area contributed by atoms with E-state index in [0.717, 1.165) is 35.7 Å². The SMILES string of the molecule is CCNCc1sc(-c2cc(F)ccc2F)nc1CC. The van der Waals surface area contributed by atoms with E-state index in [9.17, 15) is 8.78 Å². The minimum atomic E-state index is -0.446. The highest BCUT2D eigenvalue weighted by molar-refractivity contribution is 7.15. The molecule has 1 aromatic heterocycles. The van der Waals surface area contributed by atoms with Crippen molar-refractivity contribution in [3.05, 3.63) is 40.4 Å². The van der Waals surface area contributed by atoms with E-state index < -0.39 is 11.6 Å². The molecular formula is C14H16F2N2S. The Balaban J connectivity index is 2.39. The number of nitrogens with zero attached hydrogens (tertiary/aromatic N) is 1. The van der Waals surface area contributed by atoms with Gasteiger partial charge in [-0.15, -0.1) is 11.3 Å². The van der Waals surface area contributed by atoms with Gasteiger partial charge in [0.1, 0.15) is 16.6 Å². The van der Waals surface area contributed by atoms with Gasteiger partial charge in [-0.3, -0.25) is 0 Å². The van der Waals surface area contributed by atoms with Crippen molar-refractivity contribution in [2.24, 2.45) is 0 Å². The number of rotatable bonds is 5. The molecule has 0 bridgehead atoms. The molecule has 0 amide bonds. The van der Waals surface area contributed by atoms with Gasteiger partial charge in [0, 0.05) is 17.0 Å². The molecule has 102 valence electrons. The Labute approximate surface area is 115 Å². The summed E-state index contributed by atoms with van der Waals surface area (Å²) in [7, 11) is 0. The van der Waals surface area contributed by atoms with Gasteiger partial charge >= 0.3 is 0 Å². The summed E-state index contributed by atoms with van der Waals surface area (Å²) in [4.78, 5) is 5.51. The molecule has 1 aromatic carbocycles. The molecule has 2 nitrogen and oxygen atoms in total. The Morgan fingerprint density at radius 3 is 2.74 bits per heavy atom. The lowest BCUT2D eigenvalue weighted by Gasteiger charge is -1.99. The average molecular weight is 282 g/mol. The van der Waals surface area contributed by atoms with Gasteiger partial charge in [0.2, 0.25) is 0 Å². The Morgan fingerprint density at radius 2 is 2.05 bits per heavy atom. The van der Waals surface area contributed by atoms with Crippen LogP contribution in [0, 0.1) is 11.6 Å². The molecule has 0 unspecified atom stereocenters. The first-order valence-corrected chi connectivity index (χ1v) is 7.12. The topological polar surface area (TPSA) is 24.9 Å². The fourth-order valence-corrected chi connectivity index (χ4v) is 2.95. The van der Waals surface area contributed by atoms with Crippen LogP contribution in [-0.2, 0) is 13.0 Å². The number of hydrogen-bond donors (Lipinski definition) is 1. The first kappa shape index (κ1) is 14.1. The van der Waals surface area contributed by atoms with Gasteiger partial charge in [0.25, 0.3) is 0 Å². The number of halogens is 2. The van der Waals surface area contributed by atoms with Crippen molar-refractivity contribution in [3.8, 4) is 10.6 Å². The minimum Gasteiger partial charge on any atom is -0.312 e. The zero-order chi connectivity index (χ0) is 13.8. The number of aromatic nitrogens is 1. The fraction of sp³-hybridized carbons (Fsp3) is 0.357. The van der Waals surface area contributed by atoms with E-state index in [4.69, 9.17) is 0 Å². The van der Waals surface area contributed by atoms with Crippen LogP contribution in [0.1, 0.15) is 24.4 Å². The first-order chi connectivity index (χ1) is 9.15. The van der Waals surface area contributed by atoms with Crippen molar-refractivity contribution in [1.29, 1.82) is 0 Å². The molecule has 19 heavy (non-hydrogen) atoms.